The van der Waals surface area contributed by atoms with E-state index in [1.54, 1.807) is 6.92 Å². The summed E-state index contributed by atoms with van der Waals surface area (Å²) in [6.07, 6.45) is 1.29. The summed E-state index contributed by atoms with van der Waals surface area (Å²) in [6, 6.07) is -0.383. The number of aliphatic hydroxyl groups excluding tert-OH is 1. The number of thiazole rings is 1. The zero-order valence-corrected chi connectivity index (χ0v) is 12.4. The molecule has 0 spiro atoms. The molecule has 2 aromatic rings. The van der Waals surface area contributed by atoms with Crippen molar-refractivity contribution in [2.75, 3.05) is 6.61 Å². The normalized spacial score (nSPS) is 12.8. The minimum absolute atomic E-state index is 0.0110. The van der Waals surface area contributed by atoms with Gasteiger partial charge in [0.1, 0.15) is 5.56 Å². The van der Waals surface area contributed by atoms with Crippen LogP contribution in [0.2, 0.25) is 0 Å². The van der Waals surface area contributed by atoms with Crippen LogP contribution < -0.4 is 10.9 Å². The number of aryl methyl sites for hydroxylation is 1. The van der Waals surface area contributed by atoms with E-state index in [1.807, 2.05) is 19.2 Å². The van der Waals surface area contributed by atoms with Gasteiger partial charge in [0.05, 0.1) is 12.6 Å². The van der Waals surface area contributed by atoms with Crippen LogP contribution in [0.15, 0.2) is 16.4 Å². The van der Waals surface area contributed by atoms with Crippen molar-refractivity contribution < 1.29 is 9.90 Å². The zero-order chi connectivity index (χ0) is 14.9. The highest BCUT2D eigenvalue weighted by atomic mass is 32.1. The molecule has 6 nitrogen and oxygen atoms in total. The van der Waals surface area contributed by atoms with Crippen molar-refractivity contribution in [2.24, 2.45) is 5.92 Å². The highest BCUT2D eigenvalue weighted by Gasteiger charge is 2.20. The molecule has 2 rings (SSSR count). The van der Waals surface area contributed by atoms with Gasteiger partial charge in [0.2, 0.25) is 0 Å². The summed E-state index contributed by atoms with van der Waals surface area (Å²) in [7, 11) is 0. The van der Waals surface area contributed by atoms with Gasteiger partial charge in [-0.25, -0.2) is 4.98 Å². The molecule has 2 N–H and O–H groups in total. The van der Waals surface area contributed by atoms with Gasteiger partial charge in [-0.05, 0) is 12.8 Å². The van der Waals surface area contributed by atoms with E-state index in [0.717, 1.165) is 5.69 Å². The second kappa shape index (κ2) is 5.72. The summed E-state index contributed by atoms with van der Waals surface area (Å²) in [5, 5.41) is 13.7. The van der Waals surface area contributed by atoms with E-state index in [1.165, 1.54) is 21.9 Å². The van der Waals surface area contributed by atoms with Crippen LogP contribution in [0.3, 0.4) is 0 Å². The fourth-order valence-corrected chi connectivity index (χ4v) is 2.68. The number of hydrogen-bond acceptors (Lipinski definition) is 5. The zero-order valence-electron chi connectivity index (χ0n) is 11.6. The lowest BCUT2D eigenvalue weighted by Gasteiger charge is -2.19. The Morgan fingerprint density at radius 2 is 2.25 bits per heavy atom. The van der Waals surface area contributed by atoms with Crippen molar-refractivity contribution in [2.45, 2.75) is 26.8 Å². The smallest absolute Gasteiger partial charge is 0.271 e. The summed E-state index contributed by atoms with van der Waals surface area (Å²) < 4.78 is 1.42. The van der Waals surface area contributed by atoms with Crippen LogP contribution in [-0.4, -0.2) is 33.0 Å². The molecule has 0 aliphatic rings. The molecule has 2 heterocycles. The van der Waals surface area contributed by atoms with Crippen molar-refractivity contribution >= 4 is 22.2 Å². The molecule has 0 aliphatic carbocycles. The average molecular weight is 295 g/mol. The number of aliphatic hydroxyl groups is 1. The number of carbonyl (C=O) groups is 1. The van der Waals surface area contributed by atoms with Gasteiger partial charge in [-0.2, -0.15) is 0 Å². The molecule has 0 aliphatic heterocycles. The first-order valence-corrected chi connectivity index (χ1v) is 7.21. The van der Waals surface area contributed by atoms with Crippen molar-refractivity contribution in [3.63, 3.8) is 0 Å². The summed E-state index contributed by atoms with van der Waals surface area (Å²) in [5.41, 5.74) is 0.356. The molecule has 0 bridgehead atoms. The number of carbonyl (C=O) groups excluding carboxylic acids is 1. The molecule has 2 aromatic heterocycles. The van der Waals surface area contributed by atoms with E-state index in [4.69, 9.17) is 0 Å². The molecule has 1 atom stereocenters. The first-order chi connectivity index (χ1) is 9.45. The van der Waals surface area contributed by atoms with Gasteiger partial charge in [0, 0.05) is 17.3 Å². The largest absolute Gasteiger partial charge is 0.394 e. The van der Waals surface area contributed by atoms with Crippen LogP contribution >= 0.6 is 11.3 Å². The Hall–Kier alpha value is -1.73. The maximum atomic E-state index is 12.3. The molecular weight excluding hydrogens is 278 g/mol. The molecule has 0 unspecified atom stereocenters. The molecule has 0 radical (unpaired) electrons. The van der Waals surface area contributed by atoms with Gasteiger partial charge >= 0.3 is 0 Å². The third-order valence-electron chi connectivity index (χ3n) is 3.18. The lowest BCUT2D eigenvalue weighted by molar-refractivity contribution is 0.0895. The number of rotatable bonds is 4. The fraction of sp³-hybridized carbons (Fsp3) is 0.462. The second-order valence-electron chi connectivity index (χ2n) is 4.98. The summed E-state index contributed by atoms with van der Waals surface area (Å²) in [4.78, 5) is 29.1. The Bertz CT molecular complexity index is 690. The Balaban J connectivity index is 2.38. The Morgan fingerprint density at radius 3 is 2.85 bits per heavy atom. The van der Waals surface area contributed by atoms with Crippen molar-refractivity contribution in [3.05, 3.63) is 33.2 Å². The highest BCUT2D eigenvalue weighted by Crippen LogP contribution is 2.11. The molecule has 108 valence electrons. The van der Waals surface area contributed by atoms with E-state index < -0.39 is 5.91 Å². The van der Waals surface area contributed by atoms with E-state index in [0.29, 0.717) is 4.96 Å². The Morgan fingerprint density at radius 1 is 1.55 bits per heavy atom. The van der Waals surface area contributed by atoms with Crippen LogP contribution in [-0.2, 0) is 0 Å². The van der Waals surface area contributed by atoms with Gasteiger partial charge in [-0.3, -0.25) is 14.0 Å². The van der Waals surface area contributed by atoms with Crippen LogP contribution in [0.1, 0.15) is 29.9 Å². The van der Waals surface area contributed by atoms with Gasteiger partial charge < -0.3 is 10.4 Å². The maximum absolute atomic E-state index is 12.3. The second-order valence-corrected chi connectivity index (χ2v) is 5.82. The first kappa shape index (κ1) is 14.7. The summed E-state index contributed by atoms with van der Waals surface area (Å²) >= 11 is 1.35. The number of amides is 1. The predicted octanol–water partition coefficient (Wildman–Crippen LogP) is 0.811. The average Bonchev–Trinajstić information content (AvgIpc) is 2.78. The number of hydrogen-bond donors (Lipinski definition) is 2. The van der Waals surface area contributed by atoms with Gasteiger partial charge in [0.15, 0.2) is 4.96 Å². The van der Waals surface area contributed by atoms with E-state index in [-0.39, 0.29) is 29.7 Å². The van der Waals surface area contributed by atoms with Crippen LogP contribution in [0, 0.1) is 12.8 Å². The molecule has 7 heteroatoms. The minimum Gasteiger partial charge on any atom is -0.394 e. The molecule has 0 saturated heterocycles. The number of nitrogens with one attached hydrogen (secondary N) is 1. The number of fused-ring (bicyclic) bond motifs is 1. The lowest BCUT2D eigenvalue weighted by atomic mass is 10.1. The highest BCUT2D eigenvalue weighted by molar-refractivity contribution is 7.15. The SMILES string of the molecule is Cc1csc2ncc(C(=O)N[C@H](CO)C(C)C)c(=O)n12. The van der Waals surface area contributed by atoms with Gasteiger partial charge in [-0.15, -0.1) is 11.3 Å². The topological polar surface area (TPSA) is 83.7 Å². The minimum atomic E-state index is -0.504. The van der Waals surface area contributed by atoms with Crippen LogP contribution in [0.4, 0.5) is 0 Å². The fourth-order valence-electron chi connectivity index (χ4n) is 1.85. The Kier molecular flexibility index (Phi) is 4.20. The van der Waals surface area contributed by atoms with Crippen molar-refractivity contribution in [1.29, 1.82) is 0 Å². The summed E-state index contributed by atoms with van der Waals surface area (Å²) in [5.74, 6) is -0.429. The van der Waals surface area contributed by atoms with Crippen molar-refractivity contribution in [3.8, 4) is 0 Å². The molecule has 1 amide bonds. The van der Waals surface area contributed by atoms with E-state index in [9.17, 15) is 14.7 Å². The molecule has 0 saturated carbocycles. The molecule has 20 heavy (non-hydrogen) atoms. The monoisotopic (exact) mass is 295 g/mol. The molecule has 0 fully saturated rings. The van der Waals surface area contributed by atoms with Gasteiger partial charge in [0.25, 0.3) is 11.5 Å². The van der Waals surface area contributed by atoms with E-state index >= 15 is 0 Å². The summed E-state index contributed by atoms with van der Waals surface area (Å²) in [6.45, 7) is 5.40. The standard InChI is InChI=1S/C13H17N3O3S/c1-7(2)10(5-17)15-11(18)9-4-14-13-16(12(9)19)8(3)6-20-13/h4,6-7,10,17H,5H2,1-3H3,(H,15,18)/t10-/m1/s1. The van der Waals surface area contributed by atoms with Crippen LogP contribution in [0.5, 0.6) is 0 Å². The Labute approximate surface area is 120 Å². The molecular formula is C13H17N3O3S. The van der Waals surface area contributed by atoms with Crippen LogP contribution in [0.25, 0.3) is 4.96 Å². The quantitative estimate of drug-likeness (QED) is 0.874. The predicted molar refractivity (Wildman–Crippen MR) is 77.3 cm³/mol. The maximum Gasteiger partial charge on any atom is 0.271 e. The third-order valence-corrected chi connectivity index (χ3v) is 4.14. The van der Waals surface area contributed by atoms with Gasteiger partial charge in [-0.1, -0.05) is 13.8 Å². The lowest BCUT2D eigenvalue weighted by Crippen LogP contribution is -2.43. The number of nitrogens with zero attached hydrogens (tertiary/aromatic N) is 2. The first-order valence-electron chi connectivity index (χ1n) is 6.33. The van der Waals surface area contributed by atoms with Crippen molar-refractivity contribution in [1.82, 2.24) is 14.7 Å². The molecule has 0 aromatic carbocycles. The number of aromatic nitrogens is 2. The van der Waals surface area contributed by atoms with E-state index in [2.05, 4.69) is 10.3 Å². The third kappa shape index (κ3) is 2.59.